The van der Waals surface area contributed by atoms with Gasteiger partial charge >= 0.3 is 0 Å². The van der Waals surface area contributed by atoms with Gasteiger partial charge in [-0.1, -0.05) is 0 Å². The molecule has 0 spiro atoms. The SMILES string of the molecule is CN(C)C(=O)CCCN1CC(N)C1. The van der Waals surface area contributed by atoms with E-state index in [1.807, 2.05) is 0 Å². The average Bonchev–Trinajstić information content (AvgIpc) is 2.00. The maximum absolute atomic E-state index is 11.2. The van der Waals surface area contributed by atoms with Crippen LogP contribution in [-0.4, -0.2) is 55.5 Å². The van der Waals surface area contributed by atoms with Crippen LogP contribution in [0.2, 0.25) is 0 Å². The Morgan fingerprint density at radius 3 is 2.62 bits per heavy atom. The molecule has 2 N–H and O–H groups in total. The minimum Gasteiger partial charge on any atom is -0.349 e. The third kappa shape index (κ3) is 3.32. The van der Waals surface area contributed by atoms with Gasteiger partial charge in [0.2, 0.25) is 5.91 Å². The second-order valence-electron chi connectivity index (χ2n) is 3.91. The molecule has 0 aromatic rings. The molecule has 0 aromatic carbocycles. The van der Waals surface area contributed by atoms with Crippen LogP contribution in [0.4, 0.5) is 0 Å². The van der Waals surface area contributed by atoms with Gasteiger partial charge in [0.05, 0.1) is 0 Å². The molecule has 13 heavy (non-hydrogen) atoms. The van der Waals surface area contributed by atoms with Gasteiger partial charge in [-0.05, 0) is 13.0 Å². The lowest BCUT2D eigenvalue weighted by Gasteiger charge is -2.36. The summed E-state index contributed by atoms with van der Waals surface area (Å²) in [5, 5.41) is 0. The molecular weight excluding hydrogens is 166 g/mol. The van der Waals surface area contributed by atoms with Crippen molar-refractivity contribution in [1.29, 1.82) is 0 Å². The highest BCUT2D eigenvalue weighted by Crippen LogP contribution is 2.06. The first-order chi connectivity index (χ1) is 6.09. The summed E-state index contributed by atoms with van der Waals surface area (Å²) in [5.74, 6) is 0.213. The smallest absolute Gasteiger partial charge is 0.222 e. The summed E-state index contributed by atoms with van der Waals surface area (Å²) in [4.78, 5) is 15.1. The normalized spacial score (nSPS) is 18.4. The predicted octanol–water partition coefficient (Wildman–Crippen LogP) is -0.502. The molecule has 4 nitrogen and oxygen atoms in total. The molecule has 0 aliphatic carbocycles. The van der Waals surface area contributed by atoms with Crippen LogP contribution in [-0.2, 0) is 4.79 Å². The zero-order valence-electron chi connectivity index (χ0n) is 8.49. The van der Waals surface area contributed by atoms with Gasteiger partial charge in [-0.3, -0.25) is 4.79 Å². The molecule has 1 rings (SSSR count). The van der Waals surface area contributed by atoms with Crippen molar-refractivity contribution in [3.05, 3.63) is 0 Å². The minimum atomic E-state index is 0.213. The molecule has 1 amide bonds. The van der Waals surface area contributed by atoms with E-state index in [1.54, 1.807) is 19.0 Å². The second kappa shape index (κ2) is 4.58. The molecule has 0 saturated carbocycles. The van der Waals surface area contributed by atoms with Gasteiger partial charge in [-0.2, -0.15) is 0 Å². The lowest BCUT2D eigenvalue weighted by molar-refractivity contribution is -0.128. The second-order valence-corrected chi connectivity index (χ2v) is 3.91. The van der Waals surface area contributed by atoms with Crippen LogP contribution in [0, 0.1) is 0 Å². The van der Waals surface area contributed by atoms with Crippen LogP contribution in [0.25, 0.3) is 0 Å². The molecule has 1 heterocycles. The van der Waals surface area contributed by atoms with Crippen molar-refractivity contribution in [3.8, 4) is 0 Å². The minimum absolute atomic E-state index is 0.213. The highest BCUT2D eigenvalue weighted by molar-refractivity contribution is 5.75. The van der Waals surface area contributed by atoms with E-state index in [1.165, 1.54) is 0 Å². The largest absolute Gasteiger partial charge is 0.349 e. The lowest BCUT2D eigenvalue weighted by Crippen LogP contribution is -2.55. The van der Waals surface area contributed by atoms with Crippen LogP contribution in [0.1, 0.15) is 12.8 Å². The molecule has 0 atom stereocenters. The molecule has 1 aliphatic rings. The van der Waals surface area contributed by atoms with Crippen LogP contribution in [0.3, 0.4) is 0 Å². The first-order valence-electron chi connectivity index (χ1n) is 4.77. The van der Waals surface area contributed by atoms with E-state index < -0.39 is 0 Å². The van der Waals surface area contributed by atoms with Gasteiger partial charge in [-0.25, -0.2) is 0 Å². The maximum atomic E-state index is 11.2. The molecule has 0 aromatic heterocycles. The Balaban J connectivity index is 1.98. The summed E-state index contributed by atoms with van der Waals surface area (Å²) in [7, 11) is 3.59. The fraction of sp³-hybridized carbons (Fsp3) is 0.889. The predicted molar refractivity (Wildman–Crippen MR) is 52.3 cm³/mol. The quantitative estimate of drug-likeness (QED) is 0.642. The molecule has 1 aliphatic heterocycles. The van der Waals surface area contributed by atoms with E-state index in [0.717, 1.165) is 26.1 Å². The van der Waals surface area contributed by atoms with Crippen molar-refractivity contribution in [1.82, 2.24) is 9.80 Å². The van der Waals surface area contributed by atoms with Crippen LogP contribution >= 0.6 is 0 Å². The van der Waals surface area contributed by atoms with Crippen molar-refractivity contribution in [3.63, 3.8) is 0 Å². The van der Waals surface area contributed by atoms with Crippen LogP contribution in [0.15, 0.2) is 0 Å². The number of carbonyl (C=O) groups excluding carboxylic acids is 1. The highest BCUT2D eigenvalue weighted by Gasteiger charge is 2.21. The van der Waals surface area contributed by atoms with Gasteiger partial charge in [-0.15, -0.1) is 0 Å². The van der Waals surface area contributed by atoms with E-state index in [2.05, 4.69) is 4.90 Å². The third-order valence-corrected chi connectivity index (χ3v) is 2.35. The number of nitrogens with zero attached hydrogens (tertiary/aromatic N) is 2. The summed E-state index contributed by atoms with van der Waals surface area (Å²) in [6, 6.07) is 0.365. The number of hydrogen-bond donors (Lipinski definition) is 1. The van der Waals surface area contributed by atoms with Gasteiger partial charge in [0.15, 0.2) is 0 Å². The zero-order chi connectivity index (χ0) is 9.84. The van der Waals surface area contributed by atoms with E-state index >= 15 is 0 Å². The first kappa shape index (κ1) is 10.5. The fourth-order valence-electron chi connectivity index (χ4n) is 1.47. The Morgan fingerprint density at radius 1 is 1.54 bits per heavy atom. The fourth-order valence-corrected chi connectivity index (χ4v) is 1.47. The molecule has 0 unspecified atom stereocenters. The Hall–Kier alpha value is -0.610. The van der Waals surface area contributed by atoms with Crippen molar-refractivity contribution in [2.45, 2.75) is 18.9 Å². The summed E-state index contributed by atoms with van der Waals surface area (Å²) in [6.07, 6.45) is 1.60. The molecule has 1 saturated heterocycles. The van der Waals surface area contributed by atoms with Crippen LogP contribution in [0.5, 0.6) is 0 Å². The van der Waals surface area contributed by atoms with Crippen molar-refractivity contribution in [2.75, 3.05) is 33.7 Å². The van der Waals surface area contributed by atoms with Gasteiger partial charge < -0.3 is 15.5 Å². The summed E-state index contributed by atoms with van der Waals surface area (Å²) in [5.41, 5.74) is 5.63. The molecule has 4 heteroatoms. The Morgan fingerprint density at radius 2 is 2.15 bits per heavy atom. The van der Waals surface area contributed by atoms with Crippen LogP contribution < -0.4 is 5.73 Å². The van der Waals surface area contributed by atoms with Crippen molar-refractivity contribution >= 4 is 5.91 Å². The van der Waals surface area contributed by atoms with E-state index in [9.17, 15) is 4.79 Å². The molecular formula is C9H19N3O. The van der Waals surface area contributed by atoms with Gasteiger partial charge in [0, 0.05) is 39.6 Å². The van der Waals surface area contributed by atoms with E-state index in [0.29, 0.717) is 12.5 Å². The topological polar surface area (TPSA) is 49.6 Å². The average molecular weight is 185 g/mol. The monoisotopic (exact) mass is 185 g/mol. The Kier molecular flexibility index (Phi) is 3.69. The maximum Gasteiger partial charge on any atom is 0.222 e. The molecule has 0 radical (unpaired) electrons. The summed E-state index contributed by atoms with van der Waals surface area (Å²) >= 11 is 0. The van der Waals surface area contributed by atoms with E-state index in [4.69, 9.17) is 5.73 Å². The molecule has 0 bridgehead atoms. The standard InChI is InChI=1S/C9H19N3O/c1-11(2)9(13)4-3-5-12-6-8(10)7-12/h8H,3-7,10H2,1-2H3. The van der Waals surface area contributed by atoms with Crippen molar-refractivity contribution < 1.29 is 4.79 Å². The van der Waals surface area contributed by atoms with E-state index in [-0.39, 0.29) is 5.91 Å². The van der Waals surface area contributed by atoms with Gasteiger partial charge in [0.1, 0.15) is 0 Å². The van der Waals surface area contributed by atoms with Gasteiger partial charge in [0.25, 0.3) is 0 Å². The zero-order valence-corrected chi connectivity index (χ0v) is 8.49. The number of amides is 1. The summed E-state index contributed by atoms with van der Waals surface area (Å²) in [6.45, 7) is 3.00. The highest BCUT2D eigenvalue weighted by atomic mass is 16.2. The number of carbonyl (C=O) groups is 1. The Bertz CT molecular complexity index is 176. The number of rotatable bonds is 4. The lowest BCUT2D eigenvalue weighted by atomic mass is 10.1. The number of hydrogen-bond acceptors (Lipinski definition) is 3. The third-order valence-electron chi connectivity index (χ3n) is 2.35. The number of likely N-dealkylation sites (tertiary alicyclic amines) is 1. The first-order valence-corrected chi connectivity index (χ1v) is 4.77. The summed E-state index contributed by atoms with van der Waals surface area (Å²) < 4.78 is 0. The molecule has 76 valence electrons. The van der Waals surface area contributed by atoms with Crippen molar-refractivity contribution in [2.24, 2.45) is 5.73 Å². The molecule has 1 fully saturated rings. The number of nitrogens with two attached hydrogens (primary N) is 1. The Labute approximate surface area is 79.7 Å².